The second-order valence-corrected chi connectivity index (χ2v) is 8.66. The third-order valence-corrected chi connectivity index (χ3v) is 6.14. The van der Waals surface area contributed by atoms with Crippen molar-refractivity contribution in [2.24, 2.45) is 0 Å². The molecule has 21 heavy (non-hydrogen) atoms. The highest BCUT2D eigenvalue weighted by Gasteiger charge is 2.30. The number of sulfone groups is 1. The second-order valence-electron chi connectivity index (χ2n) is 5.31. The molecule has 1 aliphatic rings. The Hall–Kier alpha value is -0.790. The van der Waals surface area contributed by atoms with Gasteiger partial charge in [-0.25, -0.2) is 13.4 Å². The van der Waals surface area contributed by atoms with Crippen LogP contribution in [0.1, 0.15) is 18.9 Å². The molecule has 2 rings (SSSR count). The van der Waals surface area contributed by atoms with Crippen molar-refractivity contribution in [3.05, 3.63) is 23.9 Å². The Balaban J connectivity index is 2.08. The molecule has 0 spiro atoms. The lowest BCUT2D eigenvalue weighted by Crippen LogP contribution is -2.46. The molecule has 1 aromatic heterocycles. The summed E-state index contributed by atoms with van der Waals surface area (Å²) in [5.74, 6) is 2.50. The predicted octanol–water partition coefficient (Wildman–Crippen LogP) is 1.82. The number of aromatic nitrogens is 1. The SMILES string of the molecule is CCCNc1cc(CN2CCSCC2S(C)(=O)=O)ccn1. The van der Waals surface area contributed by atoms with Gasteiger partial charge in [0, 0.05) is 43.6 Å². The van der Waals surface area contributed by atoms with Gasteiger partial charge in [0.2, 0.25) is 0 Å². The molecule has 0 radical (unpaired) electrons. The first kappa shape index (κ1) is 16.6. The van der Waals surface area contributed by atoms with E-state index in [4.69, 9.17) is 0 Å². The van der Waals surface area contributed by atoms with Gasteiger partial charge in [-0.15, -0.1) is 0 Å². The number of pyridine rings is 1. The van der Waals surface area contributed by atoms with Gasteiger partial charge in [-0.2, -0.15) is 11.8 Å². The van der Waals surface area contributed by atoms with Crippen LogP contribution in [0.2, 0.25) is 0 Å². The quantitative estimate of drug-likeness (QED) is 0.859. The van der Waals surface area contributed by atoms with Crippen molar-refractivity contribution >= 4 is 27.4 Å². The number of nitrogens with zero attached hydrogens (tertiary/aromatic N) is 2. The number of anilines is 1. The second kappa shape index (κ2) is 7.47. The summed E-state index contributed by atoms with van der Waals surface area (Å²) in [5, 5.41) is 2.88. The van der Waals surface area contributed by atoms with E-state index >= 15 is 0 Å². The van der Waals surface area contributed by atoms with Crippen LogP contribution >= 0.6 is 11.8 Å². The van der Waals surface area contributed by atoms with E-state index in [0.29, 0.717) is 12.3 Å². The summed E-state index contributed by atoms with van der Waals surface area (Å²) < 4.78 is 23.8. The van der Waals surface area contributed by atoms with Crippen molar-refractivity contribution < 1.29 is 8.42 Å². The summed E-state index contributed by atoms with van der Waals surface area (Å²) >= 11 is 1.71. The molecule has 7 heteroatoms. The lowest BCUT2D eigenvalue weighted by molar-refractivity contribution is 0.262. The van der Waals surface area contributed by atoms with Crippen LogP contribution < -0.4 is 5.32 Å². The van der Waals surface area contributed by atoms with Crippen LogP contribution in [0.15, 0.2) is 18.3 Å². The Bertz CT molecular complexity index is 563. The summed E-state index contributed by atoms with van der Waals surface area (Å²) in [5.41, 5.74) is 1.10. The van der Waals surface area contributed by atoms with Gasteiger partial charge in [-0.1, -0.05) is 6.92 Å². The number of hydrogen-bond acceptors (Lipinski definition) is 6. The smallest absolute Gasteiger partial charge is 0.164 e. The molecule has 2 heterocycles. The zero-order valence-corrected chi connectivity index (χ0v) is 14.2. The van der Waals surface area contributed by atoms with Gasteiger partial charge < -0.3 is 5.32 Å². The monoisotopic (exact) mass is 329 g/mol. The largest absolute Gasteiger partial charge is 0.370 e. The van der Waals surface area contributed by atoms with E-state index in [1.807, 2.05) is 12.1 Å². The Morgan fingerprint density at radius 1 is 1.52 bits per heavy atom. The fourth-order valence-corrected chi connectivity index (χ4v) is 5.29. The van der Waals surface area contributed by atoms with Crippen LogP contribution in [-0.2, 0) is 16.4 Å². The molecule has 5 nitrogen and oxygen atoms in total. The zero-order valence-electron chi connectivity index (χ0n) is 12.6. The molecule has 1 atom stereocenters. The molecule has 0 amide bonds. The van der Waals surface area contributed by atoms with Crippen LogP contribution in [-0.4, -0.2) is 54.5 Å². The Morgan fingerprint density at radius 3 is 3.05 bits per heavy atom. The Kier molecular flexibility index (Phi) is 5.89. The highest BCUT2D eigenvalue weighted by Crippen LogP contribution is 2.22. The summed E-state index contributed by atoms with van der Waals surface area (Å²) in [6, 6.07) is 3.97. The molecular formula is C14H23N3O2S2. The van der Waals surface area contributed by atoms with E-state index in [2.05, 4.69) is 22.1 Å². The number of hydrogen-bond donors (Lipinski definition) is 1. The maximum Gasteiger partial charge on any atom is 0.164 e. The Morgan fingerprint density at radius 2 is 2.33 bits per heavy atom. The fraction of sp³-hybridized carbons (Fsp3) is 0.643. The molecule has 0 bridgehead atoms. The molecule has 1 aromatic rings. The normalized spacial score (nSPS) is 20.4. The van der Waals surface area contributed by atoms with Crippen molar-refractivity contribution in [1.82, 2.24) is 9.88 Å². The lowest BCUT2D eigenvalue weighted by Gasteiger charge is -2.34. The highest BCUT2D eigenvalue weighted by atomic mass is 32.2. The highest BCUT2D eigenvalue weighted by molar-refractivity contribution is 8.00. The third kappa shape index (κ3) is 4.86. The fourth-order valence-electron chi connectivity index (χ4n) is 2.35. The minimum Gasteiger partial charge on any atom is -0.370 e. The third-order valence-electron chi connectivity index (χ3n) is 3.45. The van der Waals surface area contributed by atoms with Crippen LogP contribution in [0, 0.1) is 0 Å². The summed E-state index contributed by atoms with van der Waals surface area (Å²) in [6.07, 6.45) is 4.16. The van der Waals surface area contributed by atoms with E-state index in [1.54, 1.807) is 18.0 Å². The van der Waals surface area contributed by atoms with Crippen LogP contribution in [0.4, 0.5) is 5.82 Å². The van der Waals surface area contributed by atoms with Crippen molar-refractivity contribution in [3.63, 3.8) is 0 Å². The van der Waals surface area contributed by atoms with Crippen molar-refractivity contribution in [2.45, 2.75) is 25.3 Å². The predicted molar refractivity (Wildman–Crippen MR) is 89.4 cm³/mol. The van der Waals surface area contributed by atoms with Crippen molar-refractivity contribution in [1.29, 1.82) is 0 Å². The van der Waals surface area contributed by atoms with Gasteiger partial charge in [-0.05, 0) is 24.1 Å². The van der Waals surface area contributed by atoms with Crippen LogP contribution in [0.3, 0.4) is 0 Å². The first-order valence-electron chi connectivity index (χ1n) is 7.20. The molecule has 1 saturated heterocycles. The standard InChI is InChI=1S/C14H23N3O2S2/c1-3-5-15-13-9-12(4-6-16-13)10-17-7-8-20-11-14(17)21(2,18)19/h4,6,9,14H,3,5,7-8,10-11H2,1-2H3,(H,15,16). The lowest BCUT2D eigenvalue weighted by atomic mass is 10.2. The number of thioether (sulfide) groups is 1. The van der Waals surface area contributed by atoms with Gasteiger partial charge in [0.25, 0.3) is 0 Å². The average Bonchev–Trinajstić information content (AvgIpc) is 2.45. The van der Waals surface area contributed by atoms with Gasteiger partial charge in [0.1, 0.15) is 11.2 Å². The molecule has 1 N–H and O–H groups in total. The topological polar surface area (TPSA) is 62.3 Å². The van der Waals surface area contributed by atoms with Gasteiger partial charge >= 0.3 is 0 Å². The average molecular weight is 329 g/mol. The molecule has 0 aromatic carbocycles. The summed E-state index contributed by atoms with van der Waals surface area (Å²) in [4.78, 5) is 6.35. The first-order chi connectivity index (χ1) is 10.0. The molecular weight excluding hydrogens is 306 g/mol. The molecule has 118 valence electrons. The summed E-state index contributed by atoms with van der Waals surface area (Å²) in [6.45, 7) is 4.46. The van der Waals surface area contributed by atoms with E-state index < -0.39 is 9.84 Å². The molecule has 0 aliphatic carbocycles. The zero-order chi connectivity index (χ0) is 15.3. The molecule has 1 unspecified atom stereocenters. The maximum absolute atomic E-state index is 11.9. The number of rotatable bonds is 6. The van der Waals surface area contributed by atoms with Crippen LogP contribution in [0.25, 0.3) is 0 Å². The minimum atomic E-state index is -3.05. The van der Waals surface area contributed by atoms with E-state index in [1.165, 1.54) is 6.26 Å². The van der Waals surface area contributed by atoms with Crippen molar-refractivity contribution in [2.75, 3.05) is 36.2 Å². The summed E-state index contributed by atoms with van der Waals surface area (Å²) in [7, 11) is -3.05. The van der Waals surface area contributed by atoms with E-state index in [0.717, 1.165) is 36.6 Å². The molecule has 0 saturated carbocycles. The molecule has 1 fully saturated rings. The Labute approximate surface area is 131 Å². The van der Waals surface area contributed by atoms with Gasteiger partial charge in [0.15, 0.2) is 9.84 Å². The first-order valence-corrected chi connectivity index (χ1v) is 10.3. The molecule has 1 aliphatic heterocycles. The van der Waals surface area contributed by atoms with Crippen LogP contribution in [0.5, 0.6) is 0 Å². The van der Waals surface area contributed by atoms with E-state index in [9.17, 15) is 8.42 Å². The number of nitrogens with one attached hydrogen (secondary N) is 1. The van der Waals surface area contributed by atoms with E-state index in [-0.39, 0.29) is 5.37 Å². The van der Waals surface area contributed by atoms with Gasteiger partial charge in [0.05, 0.1) is 0 Å². The van der Waals surface area contributed by atoms with Gasteiger partial charge in [-0.3, -0.25) is 4.90 Å². The minimum absolute atomic E-state index is 0.378. The maximum atomic E-state index is 11.9. The van der Waals surface area contributed by atoms with Crippen molar-refractivity contribution in [3.8, 4) is 0 Å².